The third kappa shape index (κ3) is 3.22. The maximum atomic E-state index is 3.67. The van der Waals surface area contributed by atoms with Crippen molar-refractivity contribution in [1.29, 1.82) is 0 Å². The van der Waals surface area contributed by atoms with Gasteiger partial charge in [-0.15, -0.1) is 0 Å². The second-order valence-corrected chi connectivity index (χ2v) is 5.11. The smallest absolute Gasteiger partial charge is 0.0366 e. The zero-order valence-electron chi connectivity index (χ0n) is 11.0. The molecule has 1 aliphatic heterocycles. The van der Waals surface area contributed by atoms with Gasteiger partial charge >= 0.3 is 0 Å². The first-order valence-electron chi connectivity index (χ1n) is 6.84. The number of rotatable bonds is 4. The van der Waals surface area contributed by atoms with Gasteiger partial charge in [0, 0.05) is 24.8 Å². The molecule has 2 unspecified atom stereocenters. The van der Waals surface area contributed by atoms with E-state index in [1.165, 1.54) is 31.6 Å². The standard InChI is InChI=1S/C15H24N2/c1-3-10-16-15-9-11-17(12-13(15)2)14-7-5-4-6-8-14/h4-8,13,15-16H,3,9-12H2,1-2H3. The zero-order valence-corrected chi connectivity index (χ0v) is 11.0. The van der Waals surface area contributed by atoms with E-state index in [2.05, 4.69) is 54.4 Å². The number of nitrogens with zero attached hydrogens (tertiary/aromatic N) is 1. The normalized spacial score (nSPS) is 24.9. The Morgan fingerprint density at radius 2 is 2.06 bits per heavy atom. The van der Waals surface area contributed by atoms with Gasteiger partial charge in [-0.25, -0.2) is 0 Å². The van der Waals surface area contributed by atoms with Crippen molar-refractivity contribution in [2.75, 3.05) is 24.5 Å². The number of para-hydroxylation sites is 1. The summed E-state index contributed by atoms with van der Waals surface area (Å²) in [6.07, 6.45) is 2.49. The van der Waals surface area contributed by atoms with Crippen LogP contribution in [0.3, 0.4) is 0 Å². The van der Waals surface area contributed by atoms with Crippen molar-refractivity contribution >= 4 is 5.69 Å². The molecule has 2 atom stereocenters. The Kier molecular flexibility index (Phi) is 4.43. The van der Waals surface area contributed by atoms with Gasteiger partial charge < -0.3 is 10.2 Å². The lowest BCUT2D eigenvalue weighted by molar-refractivity contribution is 0.322. The van der Waals surface area contributed by atoms with Crippen LogP contribution in [-0.4, -0.2) is 25.7 Å². The largest absolute Gasteiger partial charge is 0.371 e. The molecule has 2 heteroatoms. The van der Waals surface area contributed by atoms with Gasteiger partial charge in [-0.05, 0) is 37.4 Å². The van der Waals surface area contributed by atoms with Crippen molar-refractivity contribution in [3.05, 3.63) is 30.3 Å². The van der Waals surface area contributed by atoms with Gasteiger partial charge in [-0.2, -0.15) is 0 Å². The molecule has 2 nitrogen and oxygen atoms in total. The first kappa shape index (κ1) is 12.4. The van der Waals surface area contributed by atoms with Gasteiger partial charge in [-0.3, -0.25) is 0 Å². The Hall–Kier alpha value is -1.02. The minimum atomic E-state index is 0.704. The van der Waals surface area contributed by atoms with E-state index in [9.17, 15) is 0 Å². The van der Waals surface area contributed by atoms with Crippen molar-refractivity contribution in [3.8, 4) is 0 Å². The molecule has 17 heavy (non-hydrogen) atoms. The fourth-order valence-corrected chi connectivity index (χ4v) is 2.65. The fraction of sp³-hybridized carbons (Fsp3) is 0.600. The van der Waals surface area contributed by atoms with E-state index in [1.54, 1.807) is 0 Å². The highest BCUT2D eigenvalue weighted by Crippen LogP contribution is 2.22. The maximum absolute atomic E-state index is 3.67. The molecule has 94 valence electrons. The zero-order chi connectivity index (χ0) is 12.1. The molecule has 1 saturated heterocycles. The summed E-state index contributed by atoms with van der Waals surface area (Å²) in [7, 11) is 0. The molecule has 1 aromatic rings. The average Bonchev–Trinajstić information content (AvgIpc) is 2.38. The summed E-state index contributed by atoms with van der Waals surface area (Å²) in [5, 5.41) is 3.67. The molecule has 0 aromatic heterocycles. The van der Waals surface area contributed by atoms with Crippen LogP contribution in [0.1, 0.15) is 26.7 Å². The lowest BCUT2D eigenvalue weighted by Gasteiger charge is -2.38. The van der Waals surface area contributed by atoms with Crippen molar-refractivity contribution in [3.63, 3.8) is 0 Å². The van der Waals surface area contributed by atoms with E-state index in [0.717, 1.165) is 12.5 Å². The first-order chi connectivity index (χ1) is 8.31. The molecular formula is C15H24N2. The summed E-state index contributed by atoms with van der Waals surface area (Å²) in [4.78, 5) is 2.51. The van der Waals surface area contributed by atoms with Crippen LogP contribution in [0.15, 0.2) is 30.3 Å². The van der Waals surface area contributed by atoms with Gasteiger partial charge in [0.25, 0.3) is 0 Å². The fourth-order valence-electron chi connectivity index (χ4n) is 2.65. The molecular weight excluding hydrogens is 208 g/mol. The van der Waals surface area contributed by atoms with Gasteiger partial charge in [0.1, 0.15) is 0 Å². The SMILES string of the molecule is CCCNC1CCN(c2ccccc2)CC1C. The Morgan fingerprint density at radius 1 is 1.29 bits per heavy atom. The second-order valence-electron chi connectivity index (χ2n) is 5.11. The number of nitrogens with one attached hydrogen (secondary N) is 1. The van der Waals surface area contributed by atoms with E-state index < -0.39 is 0 Å². The van der Waals surface area contributed by atoms with E-state index in [4.69, 9.17) is 0 Å². The molecule has 0 saturated carbocycles. The maximum Gasteiger partial charge on any atom is 0.0366 e. The van der Waals surface area contributed by atoms with Crippen molar-refractivity contribution in [2.24, 2.45) is 5.92 Å². The highest BCUT2D eigenvalue weighted by atomic mass is 15.2. The van der Waals surface area contributed by atoms with E-state index in [0.29, 0.717) is 6.04 Å². The number of benzene rings is 1. The number of hydrogen-bond acceptors (Lipinski definition) is 2. The van der Waals surface area contributed by atoms with Gasteiger partial charge in [0.2, 0.25) is 0 Å². The molecule has 1 N–H and O–H groups in total. The molecule has 0 amide bonds. The molecule has 2 rings (SSSR count). The van der Waals surface area contributed by atoms with E-state index in [-0.39, 0.29) is 0 Å². The first-order valence-corrected chi connectivity index (χ1v) is 6.84. The van der Waals surface area contributed by atoms with E-state index in [1.807, 2.05) is 0 Å². The van der Waals surface area contributed by atoms with E-state index >= 15 is 0 Å². The second kappa shape index (κ2) is 6.06. The van der Waals surface area contributed by atoms with Gasteiger partial charge in [-0.1, -0.05) is 32.0 Å². The molecule has 1 aliphatic rings. The number of hydrogen-bond donors (Lipinski definition) is 1. The molecule has 1 aromatic carbocycles. The number of piperidine rings is 1. The molecule has 0 bridgehead atoms. The Balaban J connectivity index is 1.91. The summed E-state index contributed by atoms with van der Waals surface area (Å²) < 4.78 is 0. The van der Waals surface area contributed by atoms with Crippen molar-refractivity contribution in [2.45, 2.75) is 32.7 Å². The Bertz CT molecular complexity index is 323. The third-order valence-corrected chi connectivity index (χ3v) is 3.68. The highest BCUT2D eigenvalue weighted by molar-refractivity contribution is 5.46. The molecule has 0 radical (unpaired) electrons. The molecule has 0 aliphatic carbocycles. The minimum absolute atomic E-state index is 0.704. The molecule has 1 fully saturated rings. The summed E-state index contributed by atoms with van der Waals surface area (Å²) in [6.45, 7) is 8.10. The van der Waals surface area contributed by atoms with Crippen LogP contribution in [0.2, 0.25) is 0 Å². The molecule has 0 spiro atoms. The van der Waals surface area contributed by atoms with Crippen LogP contribution in [0.4, 0.5) is 5.69 Å². The molecule has 1 heterocycles. The highest BCUT2D eigenvalue weighted by Gasteiger charge is 2.25. The van der Waals surface area contributed by atoms with Gasteiger partial charge in [0.15, 0.2) is 0 Å². The van der Waals surface area contributed by atoms with Crippen LogP contribution in [-0.2, 0) is 0 Å². The Labute approximate surface area is 105 Å². The van der Waals surface area contributed by atoms with Gasteiger partial charge in [0.05, 0.1) is 0 Å². The third-order valence-electron chi connectivity index (χ3n) is 3.68. The number of anilines is 1. The van der Waals surface area contributed by atoms with Crippen molar-refractivity contribution in [1.82, 2.24) is 5.32 Å². The topological polar surface area (TPSA) is 15.3 Å². The quantitative estimate of drug-likeness (QED) is 0.858. The van der Waals surface area contributed by atoms with Crippen LogP contribution < -0.4 is 10.2 Å². The predicted octanol–water partition coefficient (Wildman–Crippen LogP) is 2.90. The summed E-state index contributed by atoms with van der Waals surface area (Å²) in [5.41, 5.74) is 1.37. The van der Waals surface area contributed by atoms with Crippen LogP contribution >= 0.6 is 0 Å². The minimum Gasteiger partial charge on any atom is -0.371 e. The van der Waals surface area contributed by atoms with Crippen LogP contribution in [0.25, 0.3) is 0 Å². The van der Waals surface area contributed by atoms with Crippen LogP contribution in [0.5, 0.6) is 0 Å². The predicted molar refractivity (Wildman–Crippen MR) is 74.5 cm³/mol. The van der Waals surface area contributed by atoms with Crippen molar-refractivity contribution < 1.29 is 0 Å². The lowest BCUT2D eigenvalue weighted by Crippen LogP contribution is -2.48. The summed E-state index contributed by atoms with van der Waals surface area (Å²) in [6, 6.07) is 11.5. The lowest BCUT2D eigenvalue weighted by atomic mass is 9.93. The van der Waals surface area contributed by atoms with Crippen LogP contribution in [0, 0.1) is 5.92 Å². The monoisotopic (exact) mass is 232 g/mol. The summed E-state index contributed by atoms with van der Waals surface area (Å²) >= 11 is 0. The summed E-state index contributed by atoms with van der Waals surface area (Å²) in [5.74, 6) is 0.732. The Morgan fingerprint density at radius 3 is 2.71 bits per heavy atom. The average molecular weight is 232 g/mol.